The van der Waals surface area contributed by atoms with E-state index in [9.17, 15) is 0 Å². The van der Waals surface area contributed by atoms with E-state index in [0.717, 1.165) is 43.3 Å². The molecule has 0 unspecified atom stereocenters. The first kappa shape index (κ1) is 16.0. The molecule has 0 aromatic carbocycles. The number of likely N-dealkylation sites (N-methyl/N-ethyl adjacent to an activating group) is 1. The molecule has 6 nitrogen and oxygen atoms in total. The minimum Gasteiger partial charge on any atom is -0.382 e. The monoisotopic (exact) mass is 315 g/mol. The number of rotatable bonds is 5. The Hall–Kier alpha value is -1.92. The van der Waals surface area contributed by atoms with Crippen LogP contribution in [-0.2, 0) is 11.8 Å². The summed E-state index contributed by atoms with van der Waals surface area (Å²) in [4.78, 5) is 11.1. The van der Waals surface area contributed by atoms with Gasteiger partial charge in [-0.2, -0.15) is 0 Å². The molecule has 0 aliphatic carbocycles. The van der Waals surface area contributed by atoms with Gasteiger partial charge in [-0.15, -0.1) is 0 Å². The van der Waals surface area contributed by atoms with E-state index in [1.807, 2.05) is 37.9 Å². The van der Waals surface area contributed by atoms with Crippen LogP contribution in [0, 0.1) is 6.92 Å². The van der Waals surface area contributed by atoms with Gasteiger partial charge in [0.2, 0.25) is 0 Å². The van der Waals surface area contributed by atoms with Crippen LogP contribution in [0.25, 0.3) is 0 Å². The van der Waals surface area contributed by atoms with E-state index in [4.69, 9.17) is 4.74 Å². The molecule has 2 aromatic heterocycles. The highest BCUT2D eigenvalue weighted by atomic mass is 16.5. The molecule has 1 aliphatic rings. The van der Waals surface area contributed by atoms with Gasteiger partial charge in [0.1, 0.15) is 5.82 Å². The molecule has 3 rings (SSSR count). The predicted octanol–water partition coefficient (Wildman–Crippen LogP) is 2.00. The van der Waals surface area contributed by atoms with Gasteiger partial charge in [-0.25, -0.2) is 4.98 Å². The first-order valence-corrected chi connectivity index (χ1v) is 8.18. The number of ether oxygens (including phenoxy) is 1. The van der Waals surface area contributed by atoms with Crippen LogP contribution in [0.3, 0.4) is 0 Å². The van der Waals surface area contributed by atoms with Crippen LogP contribution in [0.15, 0.2) is 30.9 Å². The lowest BCUT2D eigenvalue weighted by molar-refractivity contribution is -0.0675. The third-order valence-corrected chi connectivity index (χ3v) is 4.50. The van der Waals surface area contributed by atoms with Gasteiger partial charge in [0.05, 0.1) is 18.8 Å². The highest BCUT2D eigenvalue weighted by molar-refractivity contribution is 5.48. The fourth-order valence-electron chi connectivity index (χ4n) is 3.19. The van der Waals surface area contributed by atoms with Crippen LogP contribution in [0.5, 0.6) is 0 Å². The predicted molar refractivity (Wildman–Crippen MR) is 90.4 cm³/mol. The minimum atomic E-state index is 0.0670. The van der Waals surface area contributed by atoms with Crippen LogP contribution in [0.4, 0.5) is 5.69 Å². The molecule has 1 N–H and O–H groups in total. The number of nitrogens with one attached hydrogen (secondary N) is 1. The van der Waals surface area contributed by atoms with Crippen molar-refractivity contribution >= 4 is 5.69 Å². The maximum absolute atomic E-state index is 6.09. The molecule has 6 heteroatoms. The lowest BCUT2D eigenvalue weighted by Crippen LogP contribution is -2.48. The number of nitrogens with zero attached hydrogens (tertiary/aromatic N) is 4. The molecule has 1 saturated heterocycles. The molecule has 124 valence electrons. The van der Waals surface area contributed by atoms with E-state index in [2.05, 4.69) is 38.6 Å². The molecule has 2 aromatic rings. The number of hydrogen-bond acceptors (Lipinski definition) is 5. The lowest BCUT2D eigenvalue weighted by Gasteiger charge is -2.40. The summed E-state index contributed by atoms with van der Waals surface area (Å²) in [6.07, 6.45) is 7.60. The number of aryl methyl sites for hydroxylation is 2. The Morgan fingerprint density at radius 3 is 2.96 bits per heavy atom. The Morgan fingerprint density at radius 2 is 2.26 bits per heavy atom. The van der Waals surface area contributed by atoms with Crippen molar-refractivity contribution in [2.75, 3.05) is 31.6 Å². The third-order valence-electron chi connectivity index (χ3n) is 4.50. The van der Waals surface area contributed by atoms with Crippen molar-refractivity contribution in [3.05, 3.63) is 42.2 Å². The summed E-state index contributed by atoms with van der Waals surface area (Å²) < 4.78 is 8.18. The van der Waals surface area contributed by atoms with Crippen molar-refractivity contribution in [1.29, 1.82) is 0 Å². The van der Waals surface area contributed by atoms with E-state index in [-0.39, 0.29) is 12.1 Å². The first-order valence-electron chi connectivity index (χ1n) is 8.18. The van der Waals surface area contributed by atoms with Crippen LogP contribution >= 0.6 is 0 Å². The zero-order chi connectivity index (χ0) is 16.2. The van der Waals surface area contributed by atoms with Gasteiger partial charge in [-0.05, 0) is 25.1 Å². The smallest absolute Gasteiger partial charge is 0.128 e. The van der Waals surface area contributed by atoms with Gasteiger partial charge in [0.15, 0.2) is 0 Å². The Morgan fingerprint density at radius 1 is 1.39 bits per heavy atom. The summed E-state index contributed by atoms with van der Waals surface area (Å²) in [5.74, 6) is 1.06. The molecular formula is C17H25N5O. The molecule has 0 radical (unpaired) electrons. The molecule has 2 atom stereocenters. The van der Waals surface area contributed by atoms with Crippen molar-refractivity contribution in [1.82, 2.24) is 19.4 Å². The molecule has 0 amide bonds. The Balaban J connectivity index is 1.78. The van der Waals surface area contributed by atoms with E-state index < -0.39 is 0 Å². The number of morpholine rings is 1. The number of hydrogen-bond donors (Lipinski definition) is 1. The Bertz CT molecular complexity index is 641. The normalized spacial score (nSPS) is 22.2. The fraction of sp³-hybridized carbons (Fsp3) is 0.529. The summed E-state index contributed by atoms with van der Waals surface area (Å²) in [5.41, 5.74) is 2.25. The van der Waals surface area contributed by atoms with Crippen molar-refractivity contribution < 1.29 is 4.74 Å². The number of aromatic nitrogens is 3. The minimum absolute atomic E-state index is 0.0670. The zero-order valence-corrected chi connectivity index (χ0v) is 14.1. The standard InChI is InChI=1S/C17H25N5O/c1-4-22-9-10-23-15(16(22)17-19-7-8-21(17)3)12-20-14-5-6-18-11-13(14)2/h5-8,11,15-16H,4,9-10,12H2,1-3H3,(H,18,20)/t15-,16+/m0/s1. The van der Waals surface area contributed by atoms with Gasteiger partial charge in [0, 0.05) is 50.6 Å². The Labute approximate surface area is 137 Å². The molecule has 0 bridgehead atoms. The quantitative estimate of drug-likeness (QED) is 0.914. The summed E-state index contributed by atoms with van der Waals surface area (Å²) in [6, 6.07) is 2.18. The molecule has 3 heterocycles. The first-order chi connectivity index (χ1) is 11.2. The fourth-order valence-corrected chi connectivity index (χ4v) is 3.19. The van der Waals surface area contributed by atoms with E-state index in [1.54, 1.807) is 0 Å². The second kappa shape index (κ2) is 7.10. The highest BCUT2D eigenvalue weighted by Crippen LogP contribution is 2.28. The number of pyridine rings is 1. The molecule has 0 saturated carbocycles. The molecule has 23 heavy (non-hydrogen) atoms. The number of anilines is 1. The van der Waals surface area contributed by atoms with Crippen molar-refractivity contribution in [3.63, 3.8) is 0 Å². The average molecular weight is 315 g/mol. The molecule has 1 aliphatic heterocycles. The lowest BCUT2D eigenvalue weighted by atomic mass is 10.1. The maximum Gasteiger partial charge on any atom is 0.128 e. The van der Waals surface area contributed by atoms with Crippen molar-refractivity contribution in [2.45, 2.75) is 26.0 Å². The number of imidazole rings is 1. The molecule has 0 spiro atoms. The van der Waals surface area contributed by atoms with E-state index in [0.29, 0.717) is 0 Å². The zero-order valence-electron chi connectivity index (χ0n) is 14.1. The largest absolute Gasteiger partial charge is 0.382 e. The summed E-state index contributed by atoms with van der Waals surface area (Å²) >= 11 is 0. The van der Waals surface area contributed by atoms with Crippen LogP contribution < -0.4 is 5.32 Å². The second-order valence-corrected chi connectivity index (χ2v) is 5.95. The van der Waals surface area contributed by atoms with E-state index in [1.165, 1.54) is 0 Å². The van der Waals surface area contributed by atoms with Gasteiger partial charge >= 0.3 is 0 Å². The highest BCUT2D eigenvalue weighted by Gasteiger charge is 2.35. The third kappa shape index (κ3) is 3.38. The average Bonchev–Trinajstić information content (AvgIpc) is 2.99. The SMILES string of the molecule is CCN1CCO[C@@H](CNc2ccncc2C)[C@@H]1c1nccn1C. The van der Waals surface area contributed by atoms with Crippen molar-refractivity contribution in [2.24, 2.45) is 7.05 Å². The van der Waals surface area contributed by atoms with Crippen LogP contribution in [-0.4, -0.2) is 51.8 Å². The molecule has 1 fully saturated rings. The second-order valence-electron chi connectivity index (χ2n) is 5.95. The topological polar surface area (TPSA) is 55.2 Å². The maximum atomic E-state index is 6.09. The van der Waals surface area contributed by atoms with Gasteiger partial charge < -0.3 is 14.6 Å². The van der Waals surface area contributed by atoms with Crippen molar-refractivity contribution in [3.8, 4) is 0 Å². The van der Waals surface area contributed by atoms with Gasteiger partial charge in [-0.1, -0.05) is 6.92 Å². The Kier molecular flexibility index (Phi) is 4.93. The van der Waals surface area contributed by atoms with Crippen LogP contribution in [0.2, 0.25) is 0 Å². The van der Waals surface area contributed by atoms with E-state index >= 15 is 0 Å². The van der Waals surface area contributed by atoms with Gasteiger partial charge in [0.25, 0.3) is 0 Å². The summed E-state index contributed by atoms with van der Waals surface area (Å²) in [7, 11) is 2.04. The summed E-state index contributed by atoms with van der Waals surface area (Å²) in [6.45, 7) is 7.70. The summed E-state index contributed by atoms with van der Waals surface area (Å²) in [5, 5.41) is 3.51. The molecular weight excluding hydrogens is 290 g/mol. The van der Waals surface area contributed by atoms with Crippen LogP contribution in [0.1, 0.15) is 24.4 Å². The van der Waals surface area contributed by atoms with Gasteiger partial charge in [-0.3, -0.25) is 9.88 Å².